The van der Waals surface area contributed by atoms with Crippen LogP contribution >= 0.6 is 0 Å². The molecule has 1 fully saturated rings. The third-order valence-corrected chi connectivity index (χ3v) is 3.39. The number of methoxy groups -OCH3 is 2. The molecule has 1 aromatic carbocycles. The average molecular weight is 268 g/mol. The van der Waals surface area contributed by atoms with Crippen LogP contribution in [0.3, 0.4) is 0 Å². The molecule has 6 heteroatoms. The molecule has 19 heavy (non-hydrogen) atoms. The molecule has 1 aromatic rings. The number of amides is 1. The van der Waals surface area contributed by atoms with E-state index in [2.05, 4.69) is 0 Å². The first-order valence-corrected chi connectivity index (χ1v) is 5.97. The van der Waals surface area contributed by atoms with E-state index in [-0.39, 0.29) is 29.4 Å². The van der Waals surface area contributed by atoms with Crippen molar-refractivity contribution in [1.82, 2.24) is 4.90 Å². The van der Waals surface area contributed by atoms with Gasteiger partial charge in [-0.05, 0) is 12.1 Å². The zero-order valence-corrected chi connectivity index (χ0v) is 10.9. The topological polar surface area (TPSA) is 64.8 Å². The zero-order valence-electron chi connectivity index (χ0n) is 10.9. The standard InChI is InChI=1S/C13H17FN2O3/c1-18-10-6-16(7-11(10)19-2)13(17)8-4-3-5-9(14)12(8)15/h3-5,10-11H,6-7,15H2,1-2H3. The Morgan fingerprint density at radius 3 is 2.42 bits per heavy atom. The van der Waals surface area contributed by atoms with E-state index in [0.717, 1.165) is 0 Å². The minimum Gasteiger partial charge on any atom is -0.396 e. The molecule has 1 saturated heterocycles. The number of carbonyl (C=O) groups is 1. The van der Waals surface area contributed by atoms with E-state index in [1.807, 2.05) is 0 Å². The van der Waals surface area contributed by atoms with Gasteiger partial charge in [0.25, 0.3) is 5.91 Å². The second-order valence-electron chi connectivity index (χ2n) is 4.46. The number of carbonyl (C=O) groups excluding carboxylic acids is 1. The number of halogens is 1. The number of hydrogen-bond donors (Lipinski definition) is 1. The van der Waals surface area contributed by atoms with Gasteiger partial charge in [0.15, 0.2) is 0 Å². The van der Waals surface area contributed by atoms with Crippen molar-refractivity contribution >= 4 is 11.6 Å². The summed E-state index contributed by atoms with van der Waals surface area (Å²) in [4.78, 5) is 13.9. The molecule has 2 unspecified atom stereocenters. The Hall–Kier alpha value is -1.66. The van der Waals surface area contributed by atoms with E-state index in [1.165, 1.54) is 18.2 Å². The second kappa shape index (κ2) is 5.54. The number of nitrogens with two attached hydrogens (primary N) is 1. The summed E-state index contributed by atoms with van der Waals surface area (Å²) in [5, 5.41) is 0. The number of benzene rings is 1. The summed E-state index contributed by atoms with van der Waals surface area (Å²) in [7, 11) is 3.14. The first-order chi connectivity index (χ1) is 9.08. The van der Waals surface area contributed by atoms with Crippen molar-refractivity contribution in [3.05, 3.63) is 29.6 Å². The first-order valence-electron chi connectivity index (χ1n) is 5.97. The lowest BCUT2D eigenvalue weighted by Crippen LogP contribution is -2.30. The molecule has 2 atom stereocenters. The summed E-state index contributed by atoms with van der Waals surface area (Å²) in [5.41, 5.74) is 5.65. The number of likely N-dealkylation sites (tertiary alicyclic amines) is 1. The number of para-hydroxylation sites is 1. The first kappa shape index (κ1) is 13.8. The van der Waals surface area contributed by atoms with Gasteiger partial charge in [0, 0.05) is 27.3 Å². The fourth-order valence-electron chi connectivity index (χ4n) is 2.26. The number of rotatable bonds is 3. The van der Waals surface area contributed by atoms with Gasteiger partial charge in [0.05, 0.1) is 11.3 Å². The average Bonchev–Trinajstić information content (AvgIpc) is 2.84. The molecular formula is C13H17FN2O3. The zero-order chi connectivity index (χ0) is 14.0. The van der Waals surface area contributed by atoms with Crippen molar-refractivity contribution in [2.45, 2.75) is 12.2 Å². The van der Waals surface area contributed by atoms with E-state index in [9.17, 15) is 9.18 Å². The van der Waals surface area contributed by atoms with Crippen molar-refractivity contribution in [3.63, 3.8) is 0 Å². The Morgan fingerprint density at radius 1 is 1.32 bits per heavy atom. The molecule has 1 aliphatic rings. The van der Waals surface area contributed by atoms with Gasteiger partial charge in [0.2, 0.25) is 0 Å². The third kappa shape index (κ3) is 2.54. The van der Waals surface area contributed by atoms with Crippen LogP contribution in [0.15, 0.2) is 18.2 Å². The van der Waals surface area contributed by atoms with Crippen molar-refractivity contribution in [2.75, 3.05) is 33.0 Å². The highest BCUT2D eigenvalue weighted by atomic mass is 19.1. The summed E-state index contributed by atoms with van der Waals surface area (Å²) in [6.07, 6.45) is -0.354. The van der Waals surface area contributed by atoms with Crippen molar-refractivity contribution in [2.24, 2.45) is 0 Å². The van der Waals surface area contributed by atoms with Gasteiger partial charge < -0.3 is 20.1 Å². The van der Waals surface area contributed by atoms with Gasteiger partial charge in [-0.3, -0.25) is 4.79 Å². The fraction of sp³-hybridized carbons (Fsp3) is 0.462. The Kier molecular flexibility index (Phi) is 4.01. The molecule has 0 aromatic heterocycles. The van der Waals surface area contributed by atoms with E-state index in [0.29, 0.717) is 13.1 Å². The van der Waals surface area contributed by atoms with Crippen LogP contribution in [0.1, 0.15) is 10.4 Å². The predicted molar refractivity (Wildman–Crippen MR) is 68.3 cm³/mol. The molecule has 1 aliphatic heterocycles. The second-order valence-corrected chi connectivity index (χ2v) is 4.46. The normalized spacial score (nSPS) is 22.8. The molecule has 0 bridgehead atoms. The van der Waals surface area contributed by atoms with Gasteiger partial charge >= 0.3 is 0 Å². The quantitative estimate of drug-likeness (QED) is 0.827. The molecule has 5 nitrogen and oxygen atoms in total. The molecule has 0 saturated carbocycles. The minimum absolute atomic E-state index is 0.123. The number of nitrogens with zero attached hydrogens (tertiary/aromatic N) is 1. The summed E-state index contributed by atoms with van der Waals surface area (Å²) >= 11 is 0. The summed E-state index contributed by atoms with van der Waals surface area (Å²) in [6.45, 7) is 0.813. The maximum absolute atomic E-state index is 13.4. The lowest BCUT2D eigenvalue weighted by molar-refractivity contribution is -0.00461. The van der Waals surface area contributed by atoms with Crippen molar-refractivity contribution in [1.29, 1.82) is 0 Å². The van der Waals surface area contributed by atoms with Crippen LogP contribution in [-0.2, 0) is 9.47 Å². The monoisotopic (exact) mass is 268 g/mol. The fourth-order valence-corrected chi connectivity index (χ4v) is 2.26. The Labute approximate surface area is 111 Å². The largest absolute Gasteiger partial charge is 0.396 e. The highest BCUT2D eigenvalue weighted by Crippen LogP contribution is 2.22. The predicted octanol–water partition coefficient (Wildman–Crippen LogP) is 0.894. The SMILES string of the molecule is COC1CN(C(=O)c2cccc(F)c2N)CC1OC. The van der Waals surface area contributed by atoms with Gasteiger partial charge in [0.1, 0.15) is 18.0 Å². The number of hydrogen-bond acceptors (Lipinski definition) is 4. The van der Waals surface area contributed by atoms with Crippen molar-refractivity contribution < 1.29 is 18.7 Å². The summed E-state index contributed by atoms with van der Waals surface area (Å²) < 4.78 is 23.9. The molecule has 0 spiro atoms. The smallest absolute Gasteiger partial charge is 0.256 e. The molecule has 0 radical (unpaired) electrons. The van der Waals surface area contributed by atoms with Crippen LogP contribution in [-0.4, -0.2) is 50.3 Å². The van der Waals surface area contributed by atoms with Gasteiger partial charge in [-0.2, -0.15) is 0 Å². The summed E-state index contributed by atoms with van der Waals surface area (Å²) in [6, 6.07) is 4.21. The Bertz CT molecular complexity index is 469. The third-order valence-electron chi connectivity index (χ3n) is 3.39. The maximum Gasteiger partial charge on any atom is 0.256 e. The number of ether oxygens (including phenoxy) is 2. The Balaban J connectivity index is 2.19. The minimum atomic E-state index is -0.586. The molecule has 2 N–H and O–H groups in total. The van der Waals surface area contributed by atoms with Crippen molar-refractivity contribution in [3.8, 4) is 0 Å². The van der Waals surface area contributed by atoms with Crippen LogP contribution in [0, 0.1) is 5.82 Å². The van der Waals surface area contributed by atoms with E-state index in [1.54, 1.807) is 19.1 Å². The lowest BCUT2D eigenvalue weighted by Gasteiger charge is -2.17. The van der Waals surface area contributed by atoms with E-state index < -0.39 is 5.82 Å². The van der Waals surface area contributed by atoms with Crippen LogP contribution in [0.25, 0.3) is 0 Å². The maximum atomic E-state index is 13.4. The molecule has 1 heterocycles. The highest BCUT2D eigenvalue weighted by Gasteiger charge is 2.36. The van der Waals surface area contributed by atoms with E-state index in [4.69, 9.17) is 15.2 Å². The van der Waals surface area contributed by atoms with E-state index >= 15 is 0 Å². The molecule has 2 rings (SSSR count). The lowest BCUT2D eigenvalue weighted by atomic mass is 10.1. The molecule has 1 amide bonds. The molecule has 104 valence electrons. The van der Waals surface area contributed by atoms with Crippen LogP contribution in [0.2, 0.25) is 0 Å². The highest BCUT2D eigenvalue weighted by molar-refractivity contribution is 5.99. The number of nitrogen functional groups attached to an aromatic ring is 1. The Morgan fingerprint density at radius 2 is 1.89 bits per heavy atom. The van der Waals surface area contributed by atoms with Gasteiger partial charge in [-0.15, -0.1) is 0 Å². The van der Waals surface area contributed by atoms with Crippen LogP contribution < -0.4 is 5.73 Å². The van der Waals surface area contributed by atoms with Crippen LogP contribution in [0.5, 0.6) is 0 Å². The molecular weight excluding hydrogens is 251 g/mol. The number of anilines is 1. The van der Waals surface area contributed by atoms with Gasteiger partial charge in [-0.1, -0.05) is 6.07 Å². The van der Waals surface area contributed by atoms with Gasteiger partial charge in [-0.25, -0.2) is 4.39 Å². The van der Waals surface area contributed by atoms with Crippen LogP contribution in [0.4, 0.5) is 10.1 Å². The molecule has 0 aliphatic carbocycles. The summed E-state index contributed by atoms with van der Waals surface area (Å²) in [5.74, 6) is -0.893.